The number of carbonyl (C=O) groups is 2. The molecule has 0 aromatic heterocycles. The van der Waals surface area contributed by atoms with Crippen LogP contribution < -0.4 is 10.6 Å². The molecule has 0 aliphatic heterocycles. The predicted octanol–water partition coefficient (Wildman–Crippen LogP) is 3.52. The van der Waals surface area contributed by atoms with Crippen LogP contribution in [0.25, 0.3) is 0 Å². The van der Waals surface area contributed by atoms with Crippen molar-refractivity contribution in [2.75, 3.05) is 5.32 Å². The molecular weight excluding hydrogens is 324 g/mol. The van der Waals surface area contributed by atoms with Gasteiger partial charge in [0.25, 0.3) is 0 Å². The van der Waals surface area contributed by atoms with Gasteiger partial charge in [-0.25, -0.2) is 4.79 Å². The fourth-order valence-electron chi connectivity index (χ4n) is 1.71. The van der Waals surface area contributed by atoms with E-state index in [4.69, 9.17) is 5.11 Å². The van der Waals surface area contributed by atoms with E-state index in [9.17, 15) is 9.59 Å². The standard InChI is InChI=1S/C14H19BrN2O3/c1-9-8-10(15)4-5-11(9)16-13(20)17-14(2,3)7-6-12(18)19/h4-5,8H,6-7H2,1-3H3,(H,18,19)(H2,16,17,20). The summed E-state index contributed by atoms with van der Waals surface area (Å²) in [6.45, 7) is 5.49. The molecule has 1 rings (SSSR count). The molecule has 0 aliphatic carbocycles. The van der Waals surface area contributed by atoms with Crippen molar-refractivity contribution in [1.29, 1.82) is 0 Å². The molecule has 20 heavy (non-hydrogen) atoms. The van der Waals surface area contributed by atoms with Gasteiger partial charge in [-0.05, 0) is 51.0 Å². The van der Waals surface area contributed by atoms with Crippen LogP contribution in [-0.2, 0) is 4.79 Å². The highest BCUT2D eigenvalue weighted by atomic mass is 79.9. The Balaban J connectivity index is 2.60. The summed E-state index contributed by atoms with van der Waals surface area (Å²) in [5.41, 5.74) is 1.09. The highest BCUT2D eigenvalue weighted by Gasteiger charge is 2.21. The minimum Gasteiger partial charge on any atom is -0.481 e. The fraction of sp³-hybridized carbons (Fsp3) is 0.429. The number of hydrogen-bond acceptors (Lipinski definition) is 2. The number of amides is 2. The van der Waals surface area contributed by atoms with E-state index in [1.807, 2.05) is 25.1 Å². The Hall–Kier alpha value is -1.56. The zero-order chi connectivity index (χ0) is 15.3. The zero-order valence-corrected chi connectivity index (χ0v) is 13.4. The van der Waals surface area contributed by atoms with Gasteiger partial charge in [0.2, 0.25) is 0 Å². The lowest BCUT2D eigenvalue weighted by Crippen LogP contribution is -2.45. The molecule has 0 aliphatic rings. The monoisotopic (exact) mass is 342 g/mol. The molecule has 110 valence electrons. The summed E-state index contributed by atoms with van der Waals surface area (Å²) in [6.07, 6.45) is 0.389. The second-order valence-corrected chi connectivity index (χ2v) is 6.23. The van der Waals surface area contributed by atoms with Crippen LogP contribution in [0.15, 0.2) is 22.7 Å². The fourth-order valence-corrected chi connectivity index (χ4v) is 2.19. The largest absolute Gasteiger partial charge is 0.481 e. The third kappa shape index (κ3) is 5.61. The van der Waals surface area contributed by atoms with Crippen molar-refractivity contribution < 1.29 is 14.7 Å². The average Bonchev–Trinajstić information content (AvgIpc) is 2.30. The summed E-state index contributed by atoms with van der Waals surface area (Å²) in [6, 6.07) is 5.22. The smallest absolute Gasteiger partial charge is 0.319 e. The Labute approximate surface area is 126 Å². The molecule has 0 fully saturated rings. The van der Waals surface area contributed by atoms with E-state index in [0.717, 1.165) is 15.7 Å². The maximum Gasteiger partial charge on any atom is 0.319 e. The number of carboxylic acids is 1. The van der Waals surface area contributed by atoms with E-state index in [2.05, 4.69) is 26.6 Å². The predicted molar refractivity (Wildman–Crippen MR) is 82.0 cm³/mol. The number of aliphatic carboxylic acids is 1. The molecule has 1 aromatic rings. The summed E-state index contributed by atoms with van der Waals surface area (Å²) >= 11 is 3.36. The van der Waals surface area contributed by atoms with E-state index in [0.29, 0.717) is 6.42 Å². The maximum atomic E-state index is 11.9. The first-order valence-corrected chi connectivity index (χ1v) is 7.06. The first-order chi connectivity index (χ1) is 9.19. The van der Waals surface area contributed by atoms with Crippen LogP contribution in [0.5, 0.6) is 0 Å². The second-order valence-electron chi connectivity index (χ2n) is 5.32. The second kappa shape index (κ2) is 6.74. The third-order valence-electron chi connectivity index (χ3n) is 2.85. The van der Waals surface area contributed by atoms with Gasteiger partial charge in [0.15, 0.2) is 0 Å². The SMILES string of the molecule is Cc1cc(Br)ccc1NC(=O)NC(C)(C)CCC(=O)O. The van der Waals surface area contributed by atoms with Crippen LogP contribution in [0.4, 0.5) is 10.5 Å². The van der Waals surface area contributed by atoms with E-state index in [1.54, 1.807) is 13.8 Å². The van der Waals surface area contributed by atoms with Crippen molar-refractivity contribution in [2.24, 2.45) is 0 Å². The molecule has 0 atom stereocenters. The minimum absolute atomic E-state index is 0.0184. The van der Waals surface area contributed by atoms with Gasteiger partial charge < -0.3 is 15.7 Å². The van der Waals surface area contributed by atoms with E-state index in [-0.39, 0.29) is 12.5 Å². The number of hydrogen-bond donors (Lipinski definition) is 3. The van der Waals surface area contributed by atoms with E-state index in [1.165, 1.54) is 0 Å². The van der Waals surface area contributed by atoms with Gasteiger partial charge in [0.05, 0.1) is 0 Å². The molecule has 0 saturated carbocycles. The maximum absolute atomic E-state index is 11.9. The number of aryl methyl sites for hydroxylation is 1. The van der Waals surface area contributed by atoms with Gasteiger partial charge in [0, 0.05) is 22.1 Å². The Morgan fingerprint density at radius 3 is 2.55 bits per heavy atom. The Morgan fingerprint density at radius 1 is 1.35 bits per heavy atom. The van der Waals surface area contributed by atoms with E-state index < -0.39 is 11.5 Å². The van der Waals surface area contributed by atoms with Gasteiger partial charge in [-0.1, -0.05) is 15.9 Å². The number of nitrogens with one attached hydrogen (secondary N) is 2. The average molecular weight is 343 g/mol. The van der Waals surface area contributed by atoms with E-state index >= 15 is 0 Å². The van der Waals surface area contributed by atoms with Gasteiger partial charge in [-0.15, -0.1) is 0 Å². The summed E-state index contributed by atoms with van der Waals surface area (Å²) in [4.78, 5) is 22.5. The molecule has 1 aromatic carbocycles. The molecule has 0 saturated heterocycles. The number of rotatable bonds is 5. The normalized spacial score (nSPS) is 11.0. The molecule has 0 unspecified atom stereocenters. The third-order valence-corrected chi connectivity index (χ3v) is 3.35. The van der Waals surface area contributed by atoms with Crippen molar-refractivity contribution in [1.82, 2.24) is 5.32 Å². The Morgan fingerprint density at radius 2 is 2.00 bits per heavy atom. The molecule has 3 N–H and O–H groups in total. The topological polar surface area (TPSA) is 78.4 Å². The van der Waals surface area contributed by atoms with Crippen molar-refractivity contribution >= 4 is 33.6 Å². The molecule has 0 spiro atoms. The number of benzene rings is 1. The first-order valence-electron chi connectivity index (χ1n) is 6.27. The van der Waals surface area contributed by atoms with Crippen LogP contribution in [0.3, 0.4) is 0 Å². The van der Waals surface area contributed by atoms with Crippen molar-refractivity contribution in [2.45, 2.75) is 39.2 Å². The van der Waals surface area contributed by atoms with Gasteiger partial charge >= 0.3 is 12.0 Å². The summed E-state index contributed by atoms with van der Waals surface area (Å²) < 4.78 is 0.947. The van der Waals surface area contributed by atoms with Gasteiger partial charge in [-0.2, -0.15) is 0 Å². The van der Waals surface area contributed by atoms with Crippen LogP contribution in [-0.4, -0.2) is 22.6 Å². The molecule has 0 heterocycles. The first kappa shape index (κ1) is 16.5. The quantitative estimate of drug-likeness (QED) is 0.765. The van der Waals surface area contributed by atoms with Crippen molar-refractivity contribution in [3.8, 4) is 0 Å². The molecule has 0 bridgehead atoms. The molecule has 2 amide bonds. The summed E-state index contributed by atoms with van der Waals surface area (Å²) in [5, 5.41) is 14.2. The van der Waals surface area contributed by atoms with Crippen LogP contribution >= 0.6 is 15.9 Å². The lowest BCUT2D eigenvalue weighted by molar-refractivity contribution is -0.137. The van der Waals surface area contributed by atoms with Crippen molar-refractivity contribution in [3.63, 3.8) is 0 Å². The Kier molecular flexibility index (Phi) is 5.56. The van der Waals surface area contributed by atoms with Crippen LogP contribution in [0.1, 0.15) is 32.3 Å². The number of carboxylic acid groups (broad SMARTS) is 1. The lowest BCUT2D eigenvalue weighted by atomic mass is 9.99. The summed E-state index contributed by atoms with van der Waals surface area (Å²) in [7, 11) is 0. The molecule has 5 nitrogen and oxygen atoms in total. The number of carbonyl (C=O) groups excluding carboxylic acids is 1. The van der Waals surface area contributed by atoms with Crippen LogP contribution in [0, 0.1) is 6.92 Å². The Bertz CT molecular complexity index is 515. The van der Waals surface area contributed by atoms with Crippen LogP contribution in [0.2, 0.25) is 0 Å². The van der Waals surface area contributed by atoms with Gasteiger partial charge in [-0.3, -0.25) is 4.79 Å². The molecule has 6 heteroatoms. The number of urea groups is 1. The molecular formula is C14H19BrN2O3. The van der Waals surface area contributed by atoms with Gasteiger partial charge in [0.1, 0.15) is 0 Å². The lowest BCUT2D eigenvalue weighted by Gasteiger charge is -2.26. The summed E-state index contributed by atoms with van der Waals surface area (Å²) in [5.74, 6) is -0.871. The van der Waals surface area contributed by atoms with Crippen molar-refractivity contribution in [3.05, 3.63) is 28.2 Å². The highest BCUT2D eigenvalue weighted by Crippen LogP contribution is 2.20. The zero-order valence-electron chi connectivity index (χ0n) is 11.8. The number of halogens is 1. The number of anilines is 1. The molecule has 0 radical (unpaired) electrons. The highest BCUT2D eigenvalue weighted by molar-refractivity contribution is 9.10. The minimum atomic E-state index is -0.871.